The van der Waals surface area contributed by atoms with Crippen LogP contribution in [0.2, 0.25) is 5.02 Å². The summed E-state index contributed by atoms with van der Waals surface area (Å²) in [5.41, 5.74) is 1.76. The minimum atomic E-state index is -2.89. The number of ether oxygens (including phenoxy) is 1. The number of benzene rings is 1. The smallest absolute Gasteiger partial charge is 0.387 e. The number of halogens is 5. The molecule has 2 aliphatic rings. The molecule has 0 spiro atoms. The van der Waals surface area contributed by atoms with Crippen molar-refractivity contribution < 1.29 is 17.9 Å². The summed E-state index contributed by atoms with van der Waals surface area (Å²) < 4.78 is 46.7. The second-order valence-corrected chi connectivity index (χ2v) is 8.82. The van der Waals surface area contributed by atoms with Gasteiger partial charge in [-0.05, 0) is 49.3 Å². The molecule has 0 saturated heterocycles. The third-order valence-corrected chi connectivity index (χ3v) is 6.60. The van der Waals surface area contributed by atoms with E-state index in [2.05, 4.69) is 4.90 Å². The molecule has 4 rings (SSSR count). The normalized spacial score (nSPS) is 19.4. The summed E-state index contributed by atoms with van der Waals surface area (Å²) in [5.74, 6) is -0.489. The zero-order chi connectivity index (χ0) is 23.7. The zero-order valence-electron chi connectivity index (χ0n) is 17.8. The molecule has 5 nitrogen and oxygen atoms in total. The van der Waals surface area contributed by atoms with Crippen molar-refractivity contribution in [3.63, 3.8) is 0 Å². The molecule has 1 aliphatic heterocycles. The van der Waals surface area contributed by atoms with Crippen molar-refractivity contribution in [2.75, 3.05) is 13.1 Å². The Balaban J connectivity index is 1.51. The Morgan fingerprint density at radius 1 is 1.18 bits per heavy atom. The van der Waals surface area contributed by atoms with Crippen LogP contribution in [0.5, 0.6) is 0 Å². The Bertz CT molecular complexity index is 1180. The van der Waals surface area contributed by atoms with Gasteiger partial charge in [0.1, 0.15) is 16.6 Å². The Kier molecular flexibility index (Phi) is 7.07. The number of allylic oxidation sites excluding steroid dienone is 4. The van der Waals surface area contributed by atoms with Crippen molar-refractivity contribution in [2.45, 2.75) is 26.0 Å². The molecule has 0 fully saturated rings. The molecule has 176 valence electrons. The molecular formula is C23H22Cl2F3N3O2. The number of aromatic nitrogens is 2. The van der Waals surface area contributed by atoms with E-state index in [4.69, 9.17) is 27.9 Å². The Hall–Kier alpha value is -2.42. The molecular weight excluding hydrogens is 478 g/mol. The third-order valence-electron chi connectivity index (χ3n) is 5.94. The highest BCUT2D eigenvalue weighted by Gasteiger charge is 2.29. The SMILES string of the molecule is Cn1c(CN2CC=C(C3CC(Cl)=CC=C3OC(F)F)CC2)c(Cl)c(=O)n1-c1ccc(F)cc1. The predicted octanol–water partition coefficient (Wildman–Crippen LogP) is 5.37. The monoisotopic (exact) mass is 499 g/mol. The molecule has 10 heteroatoms. The van der Waals surface area contributed by atoms with Crippen LogP contribution >= 0.6 is 23.2 Å². The molecule has 1 aliphatic carbocycles. The van der Waals surface area contributed by atoms with Crippen LogP contribution < -0.4 is 5.56 Å². The van der Waals surface area contributed by atoms with E-state index in [9.17, 15) is 18.0 Å². The molecule has 1 aromatic carbocycles. The molecule has 2 heterocycles. The maximum atomic E-state index is 13.3. The average Bonchev–Trinajstić information content (AvgIpc) is 2.99. The first-order chi connectivity index (χ1) is 15.7. The number of nitrogens with zero attached hydrogens (tertiary/aromatic N) is 3. The molecule has 0 radical (unpaired) electrons. The maximum Gasteiger partial charge on any atom is 0.387 e. The van der Waals surface area contributed by atoms with Gasteiger partial charge in [-0.1, -0.05) is 34.9 Å². The molecule has 0 N–H and O–H groups in total. The molecule has 0 amide bonds. The molecule has 1 atom stereocenters. The first-order valence-electron chi connectivity index (χ1n) is 10.4. The van der Waals surface area contributed by atoms with Gasteiger partial charge in [-0.15, -0.1) is 0 Å². The Labute approximate surface area is 198 Å². The number of hydrogen-bond donors (Lipinski definition) is 0. The summed E-state index contributed by atoms with van der Waals surface area (Å²) in [7, 11) is 1.73. The van der Waals surface area contributed by atoms with Crippen LogP contribution in [0, 0.1) is 11.7 Å². The van der Waals surface area contributed by atoms with E-state index in [-0.39, 0.29) is 22.3 Å². The van der Waals surface area contributed by atoms with Crippen LogP contribution in [0.3, 0.4) is 0 Å². The van der Waals surface area contributed by atoms with E-state index >= 15 is 0 Å². The van der Waals surface area contributed by atoms with Gasteiger partial charge >= 0.3 is 6.61 Å². The van der Waals surface area contributed by atoms with E-state index in [1.807, 2.05) is 6.08 Å². The number of hydrogen-bond acceptors (Lipinski definition) is 3. The number of alkyl halides is 2. The minimum Gasteiger partial charge on any atom is -0.439 e. The first kappa shape index (κ1) is 23.7. The van der Waals surface area contributed by atoms with Gasteiger partial charge in [-0.25, -0.2) is 9.07 Å². The fourth-order valence-electron chi connectivity index (χ4n) is 4.25. The summed E-state index contributed by atoms with van der Waals surface area (Å²) in [6.07, 6.45) is 6.15. The molecule has 0 saturated carbocycles. The summed E-state index contributed by atoms with van der Waals surface area (Å²) in [5, 5.41) is 0.699. The van der Waals surface area contributed by atoms with Crippen molar-refractivity contribution in [3.05, 3.63) is 85.7 Å². The van der Waals surface area contributed by atoms with Crippen molar-refractivity contribution in [2.24, 2.45) is 13.0 Å². The molecule has 1 unspecified atom stereocenters. The zero-order valence-corrected chi connectivity index (χ0v) is 19.3. The highest BCUT2D eigenvalue weighted by molar-refractivity contribution is 6.31. The second-order valence-electron chi connectivity index (χ2n) is 7.96. The lowest BCUT2D eigenvalue weighted by molar-refractivity contribution is -0.103. The lowest BCUT2D eigenvalue weighted by Crippen LogP contribution is -2.31. The Morgan fingerprint density at radius 3 is 2.55 bits per heavy atom. The van der Waals surface area contributed by atoms with E-state index in [0.717, 1.165) is 5.57 Å². The second kappa shape index (κ2) is 9.83. The standard InChI is InChI=1S/C23H22Cl2F3N3O2/c1-29-19(21(25)22(32)31(29)17-5-3-16(26)4-6-17)13-30-10-8-14(9-11-30)18-12-15(24)2-7-20(18)33-23(27)28/h2-8,18,23H,9-13H2,1H3. The lowest BCUT2D eigenvalue weighted by atomic mass is 9.86. The van der Waals surface area contributed by atoms with E-state index in [1.54, 1.807) is 17.8 Å². The highest BCUT2D eigenvalue weighted by Crippen LogP contribution is 2.37. The van der Waals surface area contributed by atoms with Crippen LogP contribution in [0.15, 0.2) is 63.7 Å². The quantitative estimate of drug-likeness (QED) is 0.501. The van der Waals surface area contributed by atoms with Crippen molar-refractivity contribution >= 4 is 23.2 Å². The minimum absolute atomic E-state index is 0.108. The fourth-order valence-corrected chi connectivity index (χ4v) is 4.73. The van der Waals surface area contributed by atoms with Gasteiger partial charge < -0.3 is 4.74 Å². The van der Waals surface area contributed by atoms with Crippen LogP contribution in [-0.4, -0.2) is 34.0 Å². The average molecular weight is 500 g/mol. The molecule has 1 aromatic heterocycles. The van der Waals surface area contributed by atoms with Gasteiger partial charge in [0.25, 0.3) is 5.56 Å². The van der Waals surface area contributed by atoms with Crippen LogP contribution in [-0.2, 0) is 18.3 Å². The van der Waals surface area contributed by atoms with Gasteiger partial charge in [-0.3, -0.25) is 14.4 Å². The van der Waals surface area contributed by atoms with Gasteiger partial charge in [-0.2, -0.15) is 8.78 Å². The topological polar surface area (TPSA) is 39.4 Å². The van der Waals surface area contributed by atoms with Crippen molar-refractivity contribution in [3.8, 4) is 5.69 Å². The third kappa shape index (κ3) is 5.08. The van der Waals surface area contributed by atoms with Gasteiger partial charge in [0.05, 0.1) is 11.4 Å². The van der Waals surface area contributed by atoms with Crippen LogP contribution in [0.4, 0.5) is 13.2 Å². The maximum absolute atomic E-state index is 13.3. The molecule has 0 bridgehead atoms. The highest BCUT2D eigenvalue weighted by atomic mass is 35.5. The number of rotatable bonds is 6. The molecule has 33 heavy (non-hydrogen) atoms. The Morgan fingerprint density at radius 2 is 1.91 bits per heavy atom. The van der Waals surface area contributed by atoms with E-state index in [0.29, 0.717) is 48.9 Å². The first-order valence-corrected chi connectivity index (χ1v) is 11.1. The van der Waals surface area contributed by atoms with E-state index < -0.39 is 12.4 Å². The molecule has 2 aromatic rings. The van der Waals surface area contributed by atoms with Gasteiger partial charge in [0.2, 0.25) is 0 Å². The van der Waals surface area contributed by atoms with Crippen LogP contribution in [0.25, 0.3) is 5.69 Å². The predicted molar refractivity (Wildman–Crippen MR) is 121 cm³/mol. The summed E-state index contributed by atoms with van der Waals surface area (Å²) >= 11 is 12.5. The summed E-state index contributed by atoms with van der Waals surface area (Å²) in [6, 6.07) is 5.60. The van der Waals surface area contributed by atoms with E-state index in [1.165, 1.54) is 35.0 Å². The summed E-state index contributed by atoms with van der Waals surface area (Å²) in [4.78, 5) is 14.8. The lowest BCUT2D eigenvalue weighted by Gasteiger charge is -2.32. The summed E-state index contributed by atoms with van der Waals surface area (Å²) in [6.45, 7) is -1.26. The van der Waals surface area contributed by atoms with Gasteiger partial charge in [0, 0.05) is 37.6 Å². The fraction of sp³-hybridized carbons (Fsp3) is 0.348. The van der Waals surface area contributed by atoms with Crippen molar-refractivity contribution in [1.29, 1.82) is 0 Å². The van der Waals surface area contributed by atoms with Crippen LogP contribution in [0.1, 0.15) is 18.5 Å². The van der Waals surface area contributed by atoms with Crippen molar-refractivity contribution in [1.82, 2.24) is 14.3 Å². The van der Waals surface area contributed by atoms with Gasteiger partial charge in [0.15, 0.2) is 0 Å². The largest absolute Gasteiger partial charge is 0.439 e.